The van der Waals surface area contributed by atoms with Gasteiger partial charge in [-0.3, -0.25) is 0 Å². The number of fused-ring (bicyclic) bond motifs is 1. The van der Waals surface area contributed by atoms with Crippen LogP contribution < -0.4 is 5.32 Å². The molecule has 0 amide bonds. The summed E-state index contributed by atoms with van der Waals surface area (Å²) in [4.78, 5) is 0. The molecule has 0 spiro atoms. The number of rotatable bonds is 3. The third-order valence-corrected chi connectivity index (χ3v) is 3.23. The van der Waals surface area contributed by atoms with Crippen molar-refractivity contribution in [3.8, 4) is 0 Å². The quantitative estimate of drug-likeness (QED) is 0.887. The zero-order chi connectivity index (χ0) is 13.3. The summed E-state index contributed by atoms with van der Waals surface area (Å²) in [5.41, 5.74) is 1.98. The second kappa shape index (κ2) is 5.12. The Morgan fingerprint density at radius 3 is 2.61 bits per heavy atom. The molecule has 2 nitrogen and oxygen atoms in total. The highest BCUT2D eigenvalue weighted by molar-refractivity contribution is 6.38. The van der Waals surface area contributed by atoms with Crippen LogP contribution in [0, 0.1) is 0 Å². The summed E-state index contributed by atoms with van der Waals surface area (Å²) in [6.07, 6.45) is 2.64. The van der Waals surface area contributed by atoms with Gasteiger partial charge in [0.05, 0.1) is 11.3 Å². The average molecular weight is 286 g/mol. The molecular weight excluding hydrogens is 269 g/mol. The summed E-state index contributed by atoms with van der Waals surface area (Å²) in [5, 5.41) is 5.66. The van der Waals surface area contributed by atoms with E-state index in [4.69, 9.17) is 27.6 Å². The molecular formula is C14H17Cl2NO. The van der Waals surface area contributed by atoms with E-state index >= 15 is 0 Å². The molecule has 0 atom stereocenters. The van der Waals surface area contributed by atoms with Gasteiger partial charge in [-0.15, -0.1) is 0 Å². The van der Waals surface area contributed by atoms with E-state index in [1.807, 2.05) is 0 Å². The van der Waals surface area contributed by atoms with E-state index in [-0.39, 0.29) is 5.54 Å². The van der Waals surface area contributed by atoms with Gasteiger partial charge in [0.15, 0.2) is 0 Å². The van der Waals surface area contributed by atoms with Crippen molar-refractivity contribution in [2.45, 2.75) is 32.7 Å². The fourth-order valence-corrected chi connectivity index (χ4v) is 2.50. The van der Waals surface area contributed by atoms with E-state index in [0.717, 1.165) is 29.5 Å². The van der Waals surface area contributed by atoms with E-state index in [9.17, 15) is 0 Å². The van der Waals surface area contributed by atoms with Gasteiger partial charge in [0, 0.05) is 27.6 Å². The lowest BCUT2D eigenvalue weighted by Crippen LogP contribution is -2.37. The summed E-state index contributed by atoms with van der Waals surface area (Å²) in [6, 6.07) is 3.55. The second-order valence-corrected chi connectivity index (χ2v) is 6.29. The maximum Gasteiger partial charge on any atom is 0.137 e. The van der Waals surface area contributed by atoms with Crippen LogP contribution in [0.4, 0.5) is 0 Å². The summed E-state index contributed by atoms with van der Waals surface area (Å²) < 4.78 is 5.50. The zero-order valence-corrected chi connectivity index (χ0v) is 12.3. The highest BCUT2D eigenvalue weighted by atomic mass is 35.5. The van der Waals surface area contributed by atoms with E-state index in [0.29, 0.717) is 10.0 Å². The SMILES string of the molecule is CC(C)(C)NCCc1coc2cc(Cl)cc(Cl)c12. The van der Waals surface area contributed by atoms with Crippen molar-refractivity contribution in [1.82, 2.24) is 5.32 Å². The lowest BCUT2D eigenvalue weighted by atomic mass is 10.1. The molecule has 1 heterocycles. The Morgan fingerprint density at radius 1 is 1.22 bits per heavy atom. The van der Waals surface area contributed by atoms with Crippen molar-refractivity contribution >= 4 is 34.2 Å². The smallest absolute Gasteiger partial charge is 0.137 e. The molecule has 18 heavy (non-hydrogen) atoms. The Labute approximate surface area is 117 Å². The number of furan rings is 1. The van der Waals surface area contributed by atoms with Gasteiger partial charge in [-0.1, -0.05) is 23.2 Å². The number of hydrogen-bond acceptors (Lipinski definition) is 2. The van der Waals surface area contributed by atoms with E-state index in [1.54, 1.807) is 18.4 Å². The zero-order valence-electron chi connectivity index (χ0n) is 10.8. The number of halogens is 2. The van der Waals surface area contributed by atoms with Gasteiger partial charge in [-0.2, -0.15) is 0 Å². The van der Waals surface area contributed by atoms with Gasteiger partial charge in [0.1, 0.15) is 5.58 Å². The van der Waals surface area contributed by atoms with Crippen molar-refractivity contribution in [2.75, 3.05) is 6.54 Å². The Morgan fingerprint density at radius 2 is 1.94 bits per heavy atom. The van der Waals surface area contributed by atoms with Crippen LogP contribution >= 0.6 is 23.2 Å². The van der Waals surface area contributed by atoms with Gasteiger partial charge in [-0.05, 0) is 39.8 Å². The standard InChI is InChI=1S/C14H17Cl2NO/c1-14(2,3)17-5-4-9-8-18-12-7-10(15)6-11(16)13(9)12/h6-8,17H,4-5H2,1-3H3. The molecule has 0 radical (unpaired) electrons. The molecule has 0 saturated carbocycles. The molecule has 1 aromatic heterocycles. The first-order valence-electron chi connectivity index (χ1n) is 5.97. The second-order valence-electron chi connectivity index (χ2n) is 5.45. The van der Waals surface area contributed by atoms with E-state index in [1.165, 1.54) is 0 Å². The maximum atomic E-state index is 6.21. The fraction of sp³-hybridized carbons (Fsp3) is 0.429. The van der Waals surface area contributed by atoms with Crippen LogP contribution in [0.25, 0.3) is 11.0 Å². The predicted octanol–water partition coefficient (Wildman–Crippen LogP) is 4.67. The topological polar surface area (TPSA) is 25.2 Å². The maximum absolute atomic E-state index is 6.21. The predicted molar refractivity (Wildman–Crippen MR) is 77.7 cm³/mol. The molecule has 98 valence electrons. The number of nitrogens with one attached hydrogen (secondary N) is 1. The van der Waals surface area contributed by atoms with Gasteiger partial charge in [-0.25, -0.2) is 0 Å². The summed E-state index contributed by atoms with van der Waals surface area (Å²) in [5.74, 6) is 0. The molecule has 0 aliphatic carbocycles. The first-order valence-corrected chi connectivity index (χ1v) is 6.72. The lowest BCUT2D eigenvalue weighted by molar-refractivity contribution is 0.429. The third-order valence-electron chi connectivity index (χ3n) is 2.72. The van der Waals surface area contributed by atoms with Crippen LogP contribution in [0.2, 0.25) is 10.0 Å². The van der Waals surface area contributed by atoms with E-state index in [2.05, 4.69) is 26.1 Å². The highest BCUT2D eigenvalue weighted by Crippen LogP contribution is 2.32. The number of benzene rings is 1. The van der Waals surface area contributed by atoms with Crippen LogP contribution in [-0.4, -0.2) is 12.1 Å². The highest BCUT2D eigenvalue weighted by Gasteiger charge is 2.13. The van der Waals surface area contributed by atoms with Gasteiger partial charge in [0.25, 0.3) is 0 Å². The van der Waals surface area contributed by atoms with Crippen molar-refractivity contribution in [3.05, 3.63) is 34.0 Å². The van der Waals surface area contributed by atoms with Crippen molar-refractivity contribution in [2.24, 2.45) is 0 Å². The monoisotopic (exact) mass is 285 g/mol. The molecule has 2 rings (SSSR count). The largest absolute Gasteiger partial charge is 0.464 e. The van der Waals surface area contributed by atoms with Crippen molar-refractivity contribution < 1.29 is 4.42 Å². The first kappa shape index (κ1) is 13.7. The normalized spacial score (nSPS) is 12.3. The molecule has 0 fully saturated rings. The minimum absolute atomic E-state index is 0.118. The Kier molecular flexibility index (Phi) is 3.90. The van der Waals surface area contributed by atoms with Gasteiger partial charge < -0.3 is 9.73 Å². The molecule has 0 unspecified atom stereocenters. The average Bonchev–Trinajstić information content (AvgIpc) is 2.59. The molecule has 0 saturated heterocycles. The molecule has 4 heteroatoms. The van der Waals surface area contributed by atoms with Crippen LogP contribution in [0.3, 0.4) is 0 Å². The summed E-state index contributed by atoms with van der Waals surface area (Å²) in [6.45, 7) is 7.32. The fourth-order valence-electron chi connectivity index (χ4n) is 1.90. The van der Waals surface area contributed by atoms with Crippen molar-refractivity contribution in [3.63, 3.8) is 0 Å². The van der Waals surface area contributed by atoms with Crippen LogP contribution in [0.5, 0.6) is 0 Å². The molecule has 2 aromatic rings. The summed E-state index contributed by atoms with van der Waals surface area (Å²) in [7, 11) is 0. The van der Waals surface area contributed by atoms with E-state index < -0.39 is 0 Å². The van der Waals surface area contributed by atoms with Gasteiger partial charge in [0.2, 0.25) is 0 Å². The molecule has 0 aliphatic heterocycles. The Hall–Kier alpha value is -0.700. The third kappa shape index (κ3) is 3.19. The lowest BCUT2D eigenvalue weighted by Gasteiger charge is -2.20. The first-order chi connectivity index (χ1) is 8.37. The van der Waals surface area contributed by atoms with Crippen molar-refractivity contribution in [1.29, 1.82) is 0 Å². The Bertz CT molecular complexity index is 555. The van der Waals surface area contributed by atoms with Gasteiger partial charge >= 0.3 is 0 Å². The minimum Gasteiger partial charge on any atom is -0.464 e. The Balaban J connectivity index is 2.19. The summed E-state index contributed by atoms with van der Waals surface area (Å²) >= 11 is 12.2. The van der Waals surface area contributed by atoms with Crippen LogP contribution in [0.15, 0.2) is 22.8 Å². The molecule has 1 N–H and O–H groups in total. The molecule has 0 aliphatic rings. The molecule has 1 aromatic carbocycles. The molecule has 0 bridgehead atoms. The van der Waals surface area contributed by atoms with Crippen LogP contribution in [0.1, 0.15) is 26.3 Å². The number of hydrogen-bond donors (Lipinski definition) is 1. The van der Waals surface area contributed by atoms with Crippen LogP contribution in [-0.2, 0) is 6.42 Å². The minimum atomic E-state index is 0.118.